The lowest BCUT2D eigenvalue weighted by Crippen LogP contribution is -2.20. The quantitative estimate of drug-likeness (QED) is 0.110. The number of hydrogen-bond acceptors (Lipinski definition) is 5. The molecule has 1 atom stereocenters. The summed E-state index contributed by atoms with van der Waals surface area (Å²) in [5.74, 6) is 0. The third-order valence-corrected chi connectivity index (χ3v) is 6.44. The second kappa shape index (κ2) is 22.8. The van der Waals surface area contributed by atoms with Gasteiger partial charge >= 0.3 is 10.4 Å². The molecule has 0 bridgehead atoms. The highest BCUT2D eigenvalue weighted by molar-refractivity contribution is 7.81. The molecule has 0 aromatic heterocycles. The summed E-state index contributed by atoms with van der Waals surface area (Å²) in [6, 6.07) is 0. The molecule has 0 heterocycles. The van der Waals surface area contributed by atoms with Crippen molar-refractivity contribution in [3.05, 3.63) is 12.2 Å². The smallest absolute Gasteiger partial charge is 0.385 e. The van der Waals surface area contributed by atoms with Crippen molar-refractivity contribution in [3.63, 3.8) is 0 Å². The number of allylic oxidation sites excluding steroid dienone is 2. The average molecular weight is 463 g/mol. The highest BCUT2D eigenvalue weighted by Crippen LogP contribution is 2.16. The zero-order valence-electron chi connectivity index (χ0n) is 20.6. The van der Waals surface area contributed by atoms with E-state index in [9.17, 15) is 8.42 Å². The SMILES string of the molecule is CC/C=C/CCCCCCCCOS(=O)(=O)OC(CC)CCCCCCCCCOC. The summed E-state index contributed by atoms with van der Waals surface area (Å²) < 4.78 is 39.5. The van der Waals surface area contributed by atoms with Crippen molar-refractivity contribution in [2.45, 2.75) is 129 Å². The number of hydrogen-bond donors (Lipinski definition) is 0. The Balaban J connectivity index is 3.67. The van der Waals surface area contributed by atoms with E-state index >= 15 is 0 Å². The van der Waals surface area contributed by atoms with Gasteiger partial charge < -0.3 is 4.74 Å². The van der Waals surface area contributed by atoms with Gasteiger partial charge in [-0.3, -0.25) is 0 Å². The molecule has 0 aliphatic rings. The number of unbranched alkanes of at least 4 members (excludes halogenated alkanes) is 12. The zero-order valence-corrected chi connectivity index (χ0v) is 21.4. The third kappa shape index (κ3) is 22.6. The Morgan fingerprint density at radius 1 is 0.710 bits per heavy atom. The van der Waals surface area contributed by atoms with Crippen molar-refractivity contribution < 1.29 is 21.5 Å². The van der Waals surface area contributed by atoms with Crippen LogP contribution in [0.4, 0.5) is 0 Å². The van der Waals surface area contributed by atoms with Crippen LogP contribution in [0.25, 0.3) is 0 Å². The normalized spacial score (nSPS) is 13.3. The van der Waals surface area contributed by atoms with Crippen molar-refractivity contribution >= 4 is 10.4 Å². The molecule has 0 aromatic rings. The zero-order chi connectivity index (χ0) is 23.0. The van der Waals surface area contributed by atoms with Crippen LogP contribution in [-0.4, -0.2) is 34.8 Å². The van der Waals surface area contributed by atoms with E-state index in [1.54, 1.807) is 7.11 Å². The van der Waals surface area contributed by atoms with Gasteiger partial charge in [0.05, 0.1) is 12.7 Å². The van der Waals surface area contributed by atoms with Crippen molar-refractivity contribution in [2.24, 2.45) is 0 Å². The fourth-order valence-electron chi connectivity index (χ4n) is 3.53. The molecule has 0 aromatic carbocycles. The summed E-state index contributed by atoms with van der Waals surface area (Å²) in [4.78, 5) is 0. The first kappa shape index (κ1) is 30.6. The van der Waals surface area contributed by atoms with Gasteiger partial charge in [-0.1, -0.05) is 90.2 Å². The molecule has 6 heteroatoms. The third-order valence-electron chi connectivity index (χ3n) is 5.48. The first-order valence-electron chi connectivity index (χ1n) is 12.8. The van der Waals surface area contributed by atoms with Crippen LogP contribution in [0.3, 0.4) is 0 Å². The first-order chi connectivity index (χ1) is 15.1. The summed E-state index contributed by atoms with van der Waals surface area (Å²) in [6.07, 6.45) is 22.7. The van der Waals surface area contributed by atoms with E-state index in [0.29, 0.717) is 6.42 Å². The molecule has 0 aliphatic heterocycles. The Kier molecular flexibility index (Phi) is 22.4. The van der Waals surface area contributed by atoms with Crippen molar-refractivity contribution in [3.8, 4) is 0 Å². The predicted molar refractivity (Wildman–Crippen MR) is 131 cm³/mol. The summed E-state index contributed by atoms with van der Waals surface area (Å²) >= 11 is 0. The average Bonchev–Trinajstić information content (AvgIpc) is 2.75. The maximum Gasteiger partial charge on any atom is 0.400 e. The lowest BCUT2D eigenvalue weighted by molar-refractivity contribution is 0.142. The largest absolute Gasteiger partial charge is 0.400 e. The maximum atomic E-state index is 12.1. The number of rotatable bonds is 24. The van der Waals surface area contributed by atoms with Gasteiger partial charge in [-0.2, -0.15) is 8.42 Å². The van der Waals surface area contributed by atoms with Gasteiger partial charge in [0.15, 0.2) is 0 Å². The molecule has 31 heavy (non-hydrogen) atoms. The number of methoxy groups -OCH3 is 1. The van der Waals surface area contributed by atoms with E-state index in [1.165, 1.54) is 51.4 Å². The molecule has 1 unspecified atom stereocenters. The summed E-state index contributed by atoms with van der Waals surface area (Å²) in [5, 5.41) is 0. The predicted octanol–water partition coefficient (Wildman–Crippen LogP) is 7.51. The van der Waals surface area contributed by atoms with Crippen LogP contribution in [0.15, 0.2) is 12.2 Å². The minimum atomic E-state index is -3.88. The second-order valence-electron chi connectivity index (χ2n) is 8.40. The molecule has 0 N–H and O–H groups in total. The van der Waals surface area contributed by atoms with Gasteiger partial charge in [0.1, 0.15) is 0 Å². The van der Waals surface area contributed by atoms with Gasteiger partial charge in [-0.05, 0) is 44.9 Å². The van der Waals surface area contributed by atoms with Gasteiger partial charge in [0.25, 0.3) is 0 Å². The monoisotopic (exact) mass is 462 g/mol. The fraction of sp³-hybridized carbons (Fsp3) is 0.920. The van der Waals surface area contributed by atoms with E-state index in [1.807, 2.05) is 6.92 Å². The molecular formula is C25H50O5S. The Morgan fingerprint density at radius 2 is 1.26 bits per heavy atom. The minimum Gasteiger partial charge on any atom is -0.385 e. The Labute approximate surface area is 193 Å². The standard InChI is InChI=1S/C25H50O5S/c1-4-6-7-8-9-10-11-15-18-21-24-29-31(26,27)30-25(5-2)22-19-16-13-12-14-17-20-23-28-3/h6-7,25H,4-5,8-24H2,1-3H3/b7-6+. The van der Waals surface area contributed by atoms with E-state index in [2.05, 4.69) is 19.1 Å². The Morgan fingerprint density at radius 3 is 1.84 bits per heavy atom. The minimum absolute atomic E-state index is 0.223. The molecule has 186 valence electrons. The second-order valence-corrected chi connectivity index (χ2v) is 9.65. The van der Waals surface area contributed by atoms with Crippen LogP contribution in [0.1, 0.15) is 123 Å². The fourth-order valence-corrected chi connectivity index (χ4v) is 4.48. The molecule has 5 nitrogen and oxygen atoms in total. The van der Waals surface area contributed by atoms with Crippen LogP contribution in [0.5, 0.6) is 0 Å². The molecule has 0 fully saturated rings. The van der Waals surface area contributed by atoms with Crippen molar-refractivity contribution in [2.75, 3.05) is 20.3 Å². The molecule has 0 spiro atoms. The molecule has 0 rings (SSSR count). The van der Waals surface area contributed by atoms with Crippen molar-refractivity contribution in [1.82, 2.24) is 0 Å². The van der Waals surface area contributed by atoms with Gasteiger partial charge in [-0.25, -0.2) is 8.37 Å². The molecule has 0 radical (unpaired) electrons. The molecule has 0 saturated heterocycles. The van der Waals surface area contributed by atoms with E-state index < -0.39 is 10.4 Å². The maximum absolute atomic E-state index is 12.1. The topological polar surface area (TPSA) is 61.8 Å². The van der Waals surface area contributed by atoms with E-state index in [-0.39, 0.29) is 12.7 Å². The molecular weight excluding hydrogens is 412 g/mol. The summed E-state index contributed by atoms with van der Waals surface area (Å²) in [5.41, 5.74) is 0. The Hall–Kier alpha value is -0.430. The molecule has 0 amide bonds. The highest BCUT2D eigenvalue weighted by atomic mass is 32.3. The lowest BCUT2D eigenvalue weighted by Gasteiger charge is -2.15. The first-order valence-corrected chi connectivity index (χ1v) is 14.1. The lowest BCUT2D eigenvalue weighted by atomic mass is 10.1. The van der Waals surface area contributed by atoms with Crippen LogP contribution >= 0.6 is 0 Å². The van der Waals surface area contributed by atoms with Gasteiger partial charge in [0.2, 0.25) is 0 Å². The van der Waals surface area contributed by atoms with Crippen LogP contribution in [0, 0.1) is 0 Å². The van der Waals surface area contributed by atoms with Gasteiger partial charge in [-0.15, -0.1) is 0 Å². The summed E-state index contributed by atoms with van der Waals surface area (Å²) in [7, 11) is -2.14. The molecule has 0 saturated carbocycles. The molecule has 0 aliphatic carbocycles. The van der Waals surface area contributed by atoms with Gasteiger partial charge in [0, 0.05) is 13.7 Å². The van der Waals surface area contributed by atoms with Crippen LogP contribution in [0.2, 0.25) is 0 Å². The highest BCUT2D eigenvalue weighted by Gasteiger charge is 2.18. The summed E-state index contributed by atoms with van der Waals surface area (Å²) in [6.45, 7) is 5.19. The van der Waals surface area contributed by atoms with Crippen LogP contribution < -0.4 is 0 Å². The van der Waals surface area contributed by atoms with E-state index in [0.717, 1.165) is 58.0 Å². The van der Waals surface area contributed by atoms with Crippen LogP contribution in [-0.2, 0) is 23.5 Å². The van der Waals surface area contributed by atoms with E-state index in [4.69, 9.17) is 13.1 Å². The number of ether oxygens (including phenoxy) is 1. The van der Waals surface area contributed by atoms with Crippen molar-refractivity contribution in [1.29, 1.82) is 0 Å². The Bertz CT molecular complexity index is 490.